The number of benzene rings is 11. The summed E-state index contributed by atoms with van der Waals surface area (Å²) in [5.41, 5.74) is 17.9. The molecule has 67 heavy (non-hydrogen) atoms. The molecule has 3 heteroatoms. The molecule has 0 aliphatic carbocycles. The van der Waals surface area contributed by atoms with Crippen LogP contribution in [0.4, 0.5) is 17.1 Å². The van der Waals surface area contributed by atoms with E-state index in [1.807, 2.05) is 12.1 Å². The number of nitrogens with zero attached hydrogens (tertiary/aromatic N) is 2. The fourth-order valence-corrected chi connectivity index (χ4v) is 10.2. The molecule has 0 fully saturated rings. The van der Waals surface area contributed by atoms with Crippen LogP contribution in [-0.4, -0.2) is 4.57 Å². The van der Waals surface area contributed by atoms with Crippen LogP contribution < -0.4 is 4.90 Å². The van der Waals surface area contributed by atoms with Gasteiger partial charge in [0.15, 0.2) is 0 Å². The van der Waals surface area contributed by atoms with Crippen molar-refractivity contribution in [2.45, 2.75) is 0 Å². The zero-order valence-electron chi connectivity index (χ0n) is 36.6. The van der Waals surface area contributed by atoms with E-state index in [4.69, 9.17) is 4.42 Å². The Hall–Kier alpha value is -8.92. The van der Waals surface area contributed by atoms with Crippen LogP contribution in [0.25, 0.3) is 105 Å². The van der Waals surface area contributed by atoms with Gasteiger partial charge in [0.2, 0.25) is 0 Å². The molecular weight excluding hydrogens is 813 g/mol. The van der Waals surface area contributed by atoms with Gasteiger partial charge >= 0.3 is 0 Å². The van der Waals surface area contributed by atoms with Crippen molar-refractivity contribution in [3.63, 3.8) is 0 Å². The van der Waals surface area contributed by atoms with Crippen molar-refractivity contribution in [3.8, 4) is 50.2 Å². The van der Waals surface area contributed by atoms with Crippen molar-refractivity contribution in [1.82, 2.24) is 4.57 Å². The summed E-state index contributed by atoms with van der Waals surface area (Å²) in [7, 11) is 0. The summed E-state index contributed by atoms with van der Waals surface area (Å²) in [4.78, 5) is 2.40. The number of para-hydroxylation sites is 4. The second-order valence-corrected chi connectivity index (χ2v) is 17.3. The Labute approximate surface area is 388 Å². The van der Waals surface area contributed by atoms with E-state index in [0.717, 1.165) is 66.9 Å². The zero-order chi connectivity index (χ0) is 44.3. The first-order valence-electron chi connectivity index (χ1n) is 22.9. The van der Waals surface area contributed by atoms with Crippen molar-refractivity contribution in [1.29, 1.82) is 0 Å². The second kappa shape index (κ2) is 16.0. The molecule has 11 aromatic carbocycles. The molecule has 314 valence electrons. The quantitative estimate of drug-likeness (QED) is 0.152. The molecule has 0 atom stereocenters. The Morgan fingerprint density at radius 3 is 1.64 bits per heavy atom. The average molecular weight is 855 g/mol. The van der Waals surface area contributed by atoms with E-state index < -0.39 is 0 Å². The number of aromatic nitrogens is 1. The third-order valence-corrected chi connectivity index (χ3v) is 13.4. The molecule has 0 radical (unpaired) electrons. The first-order valence-corrected chi connectivity index (χ1v) is 22.9. The first kappa shape index (κ1) is 38.5. The molecule has 0 amide bonds. The van der Waals surface area contributed by atoms with E-state index >= 15 is 0 Å². The van der Waals surface area contributed by atoms with E-state index in [0.29, 0.717) is 0 Å². The van der Waals surface area contributed by atoms with Crippen LogP contribution in [-0.2, 0) is 0 Å². The van der Waals surface area contributed by atoms with Gasteiger partial charge < -0.3 is 13.9 Å². The van der Waals surface area contributed by atoms with Gasteiger partial charge in [0.05, 0.1) is 16.7 Å². The number of rotatable bonds is 8. The molecule has 0 saturated carbocycles. The Morgan fingerprint density at radius 2 is 0.866 bits per heavy atom. The predicted octanol–water partition coefficient (Wildman–Crippen LogP) is 18.0. The summed E-state index contributed by atoms with van der Waals surface area (Å²) >= 11 is 0. The monoisotopic (exact) mass is 854 g/mol. The van der Waals surface area contributed by atoms with E-state index in [9.17, 15) is 0 Å². The molecule has 13 rings (SSSR count). The number of furan rings is 1. The van der Waals surface area contributed by atoms with Crippen LogP contribution in [0.15, 0.2) is 259 Å². The van der Waals surface area contributed by atoms with Gasteiger partial charge in [-0.25, -0.2) is 0 Å². The Morgan fingerprint density at radius 1 is 0.313 bits per heavy atom. The minimum Gasteiger partial charge on any atom is -0.456 e. The molecule has 0 unspecified atom stereocenters. The maximum Gasteiger partial charge on any atom is 0.136 e. The SMILES string of the molecule is c1cc(-c2ccc(N(c3cccc(-c4cccc5oc6ccccc6c45)c3)c3ccccc3-c3ccc4ccccc4c3)cc2)cc(-c2ccc(-n3c4ccccc4c4ccccc43)cc2)c1. The maximum atomic E-state index is 6.34. The zero-order valence-corrected chi connectivity index (χ0v) is 36.6. The largest absolute Gasteiger partial charge is 0.456 e. The first-order chi connectivity index (χ1) is 33.2. The van der Waals surface area contributed by atoms with Gasteiger partial charge in [-0.15, -0.1) is 0 Å². The molecule has 0 aliphatic heterocycles. The van der Waals surface area contributed by atoms with Crippen LogP contribution in [0.1, 0.15) is 0 Å². The molecule has 2 aromatic heterocycles. The molecule has 0 N–H and O–H groups in total. The van der Waals surface area contributed by atoms with E-state index in [1.165, 1.54) is 54.8 Å². The van der Waals surface area contributed by atoms with Crippen LogP contribution >= 0.6 is 0 Å². The van der Waals surface area contributed by atoms with E-state index in [1.54, 1.807) is 0 Å². The van der Waals surface area contributed by atoms with Crippen LogP contribution in [0.3, 0.4) is 0 Å². The Balaban J connectivity index is 0.889. The van der Waals surface area contributed by atoms with Gasteiger partial charge in [-0.2, -0.15) is 0 Å². The molecule has 0 saturated heterocycles. The summed E-state index contributed by atoms with van der Waals surface area (Å²) in [5.74, 6) is 0. The minimum atomic E-state index is 0.888. The third-order valence-electron chi connectivity index (χ3n) is 13.4. The maximum absolute atomic E-state index is 6.34. The van der Waals surface area contributed by atoms with Crippen molar-refractivity contribution >= 4 is 71.6 Å². The Bertz CT molecular complexity index is 3930. The molecule has 13 aromatic rings. The lowest BCUT2D eigenvalue weighted by atomic mass is 9.96. The number of hydrogen-bond donors (Lipinski definition) is 0. The number of anilines is 3. The topological polar surface area (TPSA) is 21.3 Å². The molecule has 2 heterocycles. The van der Waals surface area contributed by atoms with Crippen molar-refractivity contribution in [2.24, 2.45) is 0 Å². The van der Waals surface area contributed by atoms with Crippen LogP contribution in [0.5, 0.6) is 0 Å². The smallest absolute Gasteiger partial charge is 0.136 e. The van der Waals surface area contributed by atoms with E-state index in [2.05, 4.69) is 252 Å². The van der Waals surface area contributed by atoms with Crippen molar-refractivity contribution in [3.05, 3.63) is 255 Å². The van der Waals surface area contributed by atoms with Gasteiger partial charge in [0.25, 0.3) is 0 Å². The lowest BCUT2D eigenvalue weighted by Gasteiger charge is -2.28. The molecule has 0 bridgehead atoms. The lowest BCUT2D eigenvalue weighted by Crippen LogP contribution is -2.11. The van der Waals surface area contributed by atoms with Gasteiger partial charge in [-0.05, 0) is 129 Å². The molecule has 0 aliphatic rings. The Kier molecular flexibility index (Phi) is 9.17. The standard InChI is InChI=1S/C64H42N2O/c1-2-15-46-41-50(31-30-43(46)14-1)54-20-3-7-25-59(54)65(53-19-12-18-49(42-53)55-24-13-29-63-64(55)58-23-6-10-28-62(58)67-63)51-36-32-44(33-37-51)47-16-11-17-48(40-47)45-34-38-52(39-35-45)66-60-26-8-4-21-56(60)57-22-5-9-27-61(57)66/h1-42H. The molecular formula is C64H42N2O. The predicted molar refractivity (Wildman–Crippen MR) is 282 cm³/mol. The summed E-state index contributed by atoms with van der Waals surface area (Å²) < 4.78 is 8.71. The van der Waals surface area contributed by atoms with Crippen LogP contribution in [0, 0.1) is 0 Å². The van der Waals surface area contributed by atoms with Crippen molar-refractivity contribution < 1.29 is 4.42 Å². The molecule has 0 spiro atoms. The fourth-order valence-electron chi connectivity index (χ4n) is 10.2. The van der Waals surface area contributed by atoms with E-state index in [-0.39, 0.29) is 0 Å². The average Bonchev–Trinajstić information content (AvgIpc) is 3.95. The lowest BCUT2D eigenvalue weighted by molar-refractivity contribution is 0.669. The highest BCUT2D eigenvalue weighted by Gasteiger charge is 2.20. The summed E-state index contributed by atoms with van der Waals surface area (Å²) in [6.45, 7) is 0. The highest BCUT2D eigenvalue weighted by molar-refractivity contribution is 6.13. The fraction of sp³-hybridized carbons (Fsp3) is 0. The van der Waals surface area contributed by atoms with Gasteiger partial charge in [-0.1, -0.05) is 176 Å². The highest BCUT2D eigenvalue weighted by Crippen LogP contribution is 2.44. The summed E-state index contributed by atoms with van der Waals surface area (Å²) in [5, 5.41) is 7.23. The molecule has 3 nitrogen and oxygen atoms in total. The third kappa shape index (κ3) is 6.67. The van der Waals surface area contributed by atoms with Crippen molar-refractivity contribution in [2.75, 3.05) is 4.90 Å². The van der Waals surface area contributed by atoms with Gasteiger partial charge in [-0.3, -0.25) is 0 Å². The summed E-state index contributed by atoms with van der Waals surface area (Å²) in [6, 6.07) is 92.0. The summed E-state index contributed by atoms with van der Waals surface area (Å²) in [6.07, 6.45) is 0. The number of hydrogen-bond acceptors (Lipinski definition) is 2. The van der Waals surface area contributed by atoms with Gasteiger partial charge in [0, 0.05) is 44.2 Å². The number of fused-ring (bicyclic) bond motifs is 7. The second-order valence-electron chi connectivity index (χ2n) is 17.3. The normalized spacial score (nSPS) is 11.6. The van der Waals surface area contributed by atoms with Crippen LogP contribution in [0.2, 0.25) is 0 Å². The van der Waals surface area contributed by atoms with Gasteiger partial charge in [0.1, 0.15) is 11.2 Å². The minimum absolute atomic E-state index is 0.888. The highest BCUT2D eigenvalue weighted by atomic mass is 16.3.